The molecule has 116 valence electrons. The lowest BCUT2D eigenvalue weighted by Gasteiger charge is -1.96. The fraction of sp³-hybridized carbons (Fsp3) is 0.444. The summed E-state index contributed by atoms with van der Waals surface area (Å²) in [7, 11) is 0. The van der Waals surface area contributed by atoms with Crippen molar-refractivity contribution < 1.29 is 4.52 Å². The molecule has 1 N–H and O–H groups in total. The topological polar surface area (TPSA) is 54.7 Å². The maximum Gasteiger partial charge on any atom is 0.226 e. The van der Waals surface area contributed by atoms with Crippen molar-refractivity contribution in [3.05, 3.63) is 47.7 Å². The molecule has 0 amide bonds. The summed E-state index contributed by atoms with van der Waals surface area (Å²) in [5, 5.41) is 5.38. The number of aromatic nitrogens is 3. The van der Waals surface area contributed by atoms with E-state index in [1.54, 1.807) is 0 Å². The van der Waals surface area contributed by atoms with E-state index < -0.39 is 0 Å². The molecular formula is C18H23N3O. The number of benzene rings is 1. The Kier molecular flexibility index (Phi) is 4.88. The van der Waals surface area contributed by atoms with Crippen molar-refractivity contribution in [1.82, 2.24) is 15.1 Å². The van der Waals surface area contributed by atoms with Gasteiger partial charge in [0.1, 0.15) is 0 Å². The molecule has 4 heteroatoms. The number of aryl methyl sites for hydroxylation is 3. The molecule has 0 aliphatic carbocycles. The molecule has 0 spiro atoms. The number of fused-ring (bicyclic) bond motifs is 1. The van der Waals surface area contributed by atoms with Crippen molar-refractivity contribution in [2.24, 2.45) is 0 Å². The minimum Gasteiger partial charge on any atom is -0.361 e. The maximum absolute atomic E-state index is 5.33. The Labute approximate surface area is 130 Å². The third kappa shape index (κ3) is 3.56. The number of H-pyrrole nitrogens is 1. The largest absolute Gasteiger partial charge is 0.361 e. The number of para-hydroxylation sites is 1. The zero-order chi connectivity index (χ0) is 15.2. The number of hydrogen-bond donors (Lipinski definition) is 1. The van der Waals surface area contributed by atoms with Gasteiger partial charge < -0.3 is 9.51 Å². The van der Waals surface area contributed by atoms with E-state index >= 15 is 0 Å². The summed E-state index contributed by atoms with van der Waals surface area (Å²) in [4.78, 5) is 7.80. The molecule has 0 atom stereocenters. The van der Waals surface area contributed by atoms with E-state index in [4.69, 9.17) is 4.52 Å². The second-order valence-corrected chi connectivity index (χ2v) is 5.77. The molecule has 4 nitrogen and oxygen atoms in total. The van der Waals surface area contributed by atoms with Gasteiger partial charge in [-0.05, 0) is 24.5 Å². The summed E-state index contributed by atoms with van der Waals surface area (Å²) in [6.45, 7) is 2.22. The van der Waals surface area contributed by atoms with Gasteiger partial charge >= 0.3 is 0 Å². The first-order chi connectivity index (χ1) is 10.9. The highest BCUT2D eigenvalue weighted by atomic mass is 16.5. The summed E-state index contributed by atoms with van der Waals surface area (Å²) in [5.74, 6) is 1.60. The Balaban J connectivity index is 1.54. The zero-order valence-electron chi connectivity index (χ0n) is 13.1. The summed E-state index contributed by atoms with van der Waals surface area (Å²) >= 11 is 0. The second kappa shape index (κ2) is 7.25. The van der Waals surface area contributed by atoms with Crippen molar-refractivity contribution in [3.63, 3.8) is 0 Å². The minimum absolute atomic E-state index is 0.782. The smallest absolute Gasteiger partial charge is 0.226 e. The highest BCUT2D eigenvalue weighted by Gasteiger charge is 2.08. The Morgan fingerprint density at radius 2 is 1.95 bits per heavy atom. The Morgan fingerprint density at radius 1 is 1.05 bits per heavy atom. The first-order valence-corrected chi connectivity index (χ1v) is 8.23. The predicted molar refractivity (Wildman–Crippen MR) is 87.9 cm³/mol. The molecule has 3 aromatic rings. The number of aromatic amines is 1. The van der Waals surface area contributed by atoms with Crippen molar-refractivity contribution in [2.45, 2.75) is 51.9 Å². The third-order valence-electron chi connectivity index (χ3n) is 4.05. The lowest BCUT2D eigenvalue weighted by molar-refractivity contribution is 0.368. The van der Waals surface area contributed by atoms with Crippen LogP contribution in [0.15, 0.2) is 35.0 Å². The van der Waals surface area contributed by atoms with Crippen LogP contribution in [0.1, 0.15) is 49.9 Å². The first kappa shape index (κ1) is 14.8. The van der Waals surface area contributed by atoms with Gasteiger partial charge in [-0.25, -0.2) is 0 Å². The van der Waals surface area contributed by atoms with Crippen molar-refractivity contribution in [2.75, 3.05) is 0 Å². The Bertz CT molecular complexity index is 714. The molecule has 0 fully saturated rings. The van der Waals surface area contributed by atoms with E-state index in [0.29, 0.717) is 0 Å². The molecule has 0 unspecified atom stereocenters. The van der Waals surface area contributed by atoms with Crippen LogP contribution in [0.4, 0.5) is 0 Å². The van der Waals surface area contributed by atoms with E-state index in [1.165, 1.54) is 35.7 Å². The van der Waals surface area contributed by atoms with Gasteiger partial charge in [-0.2, -0.15) is 4.98 Å². The van der Waals surface area contributed by atoms with Gasteiger partial charge in [0.25, 0.3) is 0 Å². The molecule has 0 aliphatic heterocycles. The maximum atomic E-state index is 5.33. The molecule has 0 bridgehead atoms. The van der Waals surface area contributed by atoms with Gasteiger partial charge in [-0.3, -0.25) is 0 Å². The van der Waals surface area contributed by atoms with E-state index in [-0.39, 0.29) is 0 Å². The molecule has 0 saturated carbocycles. The van der Waals surface area contributed by atoms with E-state index in [9.17, 15) is 0 Å². The van der Waals surface area contributed by atoms with Gasteiger partial charge in [-0.15, -0.1) is 0 Å². The van der Waals surface area contributed by atoms with Crippen molar-refractivity contribution >= 4 is 10.9 Å². The van der Waals surface area contributed by atoms with Gasteiger partial charge in [0.15, 0.2) is 5.82 Å². The Hall–Kier alpha value is -2.10. The van der Waals surface area contributed by atoms with Crippen LogP contribution >= 0.6 is 0 Å². The van der Waals surface area contributed by atoms with E-state index in [0.717, 1.165) is 37.4 Å². The van der Waals surface area contributed by atoms with Gasteiger partial charge in [-0.1, -0.05) is 49.5 Å². The lowest BCUT2D eigenvalue weighted by atomic mass is 10.1. The van der Waals surface area contributed by atoms with Crippen LogP contribution in [-0.4, -0.2) is 15.1 Å². The monoisotopic (exact) mass is 297 g/mol. The van der Waals surface area contributed by atoms with E-state index in [2.05, 4.69) is 46.4 Å². The molecule has 0 aliphatic rings. The van der Waals surface area contributed by atoms with Gasteiger partial charge in [0.05, 0.1) is 0 Å². The second-order valence-electron chi connectivity index (χ2n) is 5.77. The normalized spacial score (nSPS) is 11.3. The van der Waals surface area contributed by atoms with Gasteiger partial charge in [0, 0.05) is 29.9 Å². The van der Waals surface area contributed by atoms with Crippen LogP contribution in [-0.2, 0) is 19.3 Å². The number of nitrogens with one attached hydrogen (secondary N) is 1. The van der Waals surface area contributed by atoms with Crippen molar-refractivity contribution in [1.29, 1.82) is 0 Å². The highest BCUT2D eigenvalue weighted by Crippen LogP contribution is 2.19. The molecule has 2 heterocycles. The van der Waals surface area contributed by atoms with Crippen LogP contribution in [0.5, 0.6) is 0 Å². The first-order valence-electron chi connectivity index (χ1n) is 8.23. The summed E-state index contributed by atoms with van der Waals surface area (Å²) in [5.41, 5.74) is 2.49. The van der Waals surface area contributed by atoms with Crippen molar-refractivity contribution in [3.8, 4) is 0 Å². The van der Waals surface area contributed by atoms with Gasteiger partial charge in [0.2, 0.25) is 5.89 Å². The van der Waals surface area contributed by atoms with Crippen LogP contribution in [0.3, 0.4) is 0 Å². The number of hydrogen-bond acceptors (Lipinski definition) is 3. The fourth-order valence-corrected chi connectivity index (χ4v) is 2.78. The molecule has 2 aromatic heterocycles. The van der Waals surface area contributed by atoms with Crippen LogP contribution in [0.2, 0.25) is 0 Å². The summed E-state index contributed by atoms with van der Waals surface area (Å²) in [6.07, 6.45) is 9.64. The lowest BCUT2D eigenvalue weighted by Crippen LogP contribution is -1.93. The molecule has 0 radical (unpaired) electrons. The molecule has 0 saturated heterocycles. The predicted octanol–water partition coefficient (Wildman–Crippen LogP) is 4.46. The standard InChI is InChI=1S/C18H23N3O/c1-2-3-4-5-10-18-20-17(21-22-18)12-11-14-13-19-16-9-7-6-8-15(14)16/h6-9,13,19H,2-5,10-12H2,1H3. The van der Waals surface area contributed by atoms with E-state index in [1.807, 2.05) is 6.07 Å². The number of unbranched alkanes of at least 4 members (excludes halogenated alkanes) is 3. The molecule has 1 aromatic carbocycles. The summed E-state index contributed by atoms with van der Waals surface area (Å²) < 4.78 is 5.33. The molecule has 3 rings (SSSR count). The Morgan fingerprint density at radius 3 is 2.86 bits per heavy atom. The molecule has 22 heavy (non-hydrogen) atoms. The average Bonchev–Trinajstić information content (AvgIpc) is 3.16. The fourth-order valence-electron chi connectivity index (χ4n) is 2.78. The number of nitrogens with zero attached hydrogens (tertiary/aromatic N) is 2. The number of rotatable bonds is 8. The highest BCUT2D eigenvalue weighted by molar-refractivity contribution is 5.83. The minimum atomic E-state index is 0.782. The SMILES string of the molecule is CCCCCCc1nc(CCc2c[nH]c3ccccc23)no1. The van der Waals surface area contributed by atoms with Crippen LogP contribution in [0.25, 0.3) is 10.9 Å². The zero-order valence-corrected chi connectivity index (χ0v) is 13.1. The van der Waals surface area contributed by atoms with Crippen LogP contribution in [0, 0.1) is 0 Å². The molecular weight excluding hydrogens is 274 g/mol. The average molecular weight is 297 g/mol. The van der Waals surface area contributed by atoms with Crippen LogP contribution < -0.4 is 0 Å². The quantitative estimate of drug-likeness (QED) is 0.625. The summed E-state index contributed by atoms with van der Waals surface area (Å²) in [6, 6.07) is 8.37. The third-order valence-corrected chi connectivity index (χ3v) is 4.05.